The minimum absolute atomic E-state index is 0.334. The lowest BCUT2D eigenvalue weighted by Gasteiger charge is -2.09. The highest BCUT2D eigenvalue weighted by molar-refractivity contribution is 5.89. The van der Waals surface area contributed by atoms with E-state index in [0.717, 1.165) is 27.9 Å². The van der Waals surface area contributed by atoms with Gasteiger partial charge in [0.15, 0.2) is 0 Å². The number of rotatable bonds is 5. The summed E-state index contributed by atoms with van der Waals surface area (Å²) in [5.41, 5.74) is 3.73. The molecule has 0 saturated heterocycles. The highest BCUT2D eigenvalue weighted by Gasteiger charge is 2.08. The van der Waals surface area contributed by atoms with Gasteiger partial charge in [0.25, 0.3) is 0 Å². The Hall–Kier alpha value is -3.53. The van der Waals surface area contributed by atoms with Crippen LogP contribution in [-0.4, -0.2) is 17.6 Å². The first-order valence-corrected chi connectivity index (χ1v) is 8.71. The van der Waals surface area contributed by atoms with Gasteiger partial charge >= 0.3 is 5.97 Å². The van der Waals surface area contributed by atoms with Gasteiger partial charge in [-0.05, 0) is 54.1 Å². The molecule has 134 valence electrons. The Kier molecular flexibility index (Phi) is 4.62. The van der Waals surface area contributed by atoms with Gasteiger partial charge in [-0.25, -0.2) is 4.79 Å². The zero-order valence-electron chi connectivity index (χ0n) is 15.0. The first-order valence-electron chi connectivity index (χ1n) is 8.71. The molecule has 4 heteroatoms. The average molecular weight is 357 g/mol. The van der Waals surface area contributed by atoms with Gasteiger partial charge in [-0.3, -0.25) is 0 Å². The van der Waals surface area contributed by atoms with E-state index in [4.69, 9.17) is 9.47 Å². The van der Waals surface area contributed by atoms with Gasteiger partial charge in [0, 0.05) is 17.3 Å². The molecule has 4 aromatic rings. The highest BCUT2D eigenvalue weighted by Crippen LogP contribution is 2.25. The number of benzene rings is 3. The van der Waals surface area contributed by atoms with Crippen molar-refractivity contribution in [1.82, 2.24) is 4.57 Å². The summed E-state index contributed by atoms with van der Waals surface area (Å²) in [6, 6.07) is 25.6. The van der Waals surface area contributed by atoms with Crippen LogP contribution in [0.2, 0.25) is 0 Å². The minimum atomic E-state index is -0.334. The average Bonchev–Trinajstić information content (AvgIpc) is 3.16. The normalized spacial score (nSPS) is 10.7. The molecule has 0 aliphatic heterocycles. The van der Waals surface area contributed by atoms with E-state index in [1.165, 1.54) is 7.11 Å². The Morgan fingerprint density at radius 1 is 0.926 bits per heavy atom. The molecule has 3 aromatic carbocycles. The van der Waals surface area contributed by atoms with Crippen LogP contribution in [0, 0.1) is 0 Å². The van der Waals surface area contributed by atoms with E-state index in [1.54, 1.807) is 12.1 Å². The lowest BCUT2D eigenvalue weighted by molar-refractivity contribution is 0.0601. The van der Waals surface area contributed by atoms with Gasteiger partial charge in [0.2, 0.25) is 0 Å². The smallest absolute Gasteiger partial charge is 0.337 e. The third kappa shape index (κ3) is 3.55. The molecule has 0 radical (unpaired) electrons. The molecule has 0 unspecified atom stereocenters. The van der Waals surface area contributed by atoms with E-state index in [9.17, 15) is 4.79 Å². The van der Waals surface area contributed by atoms with E-state index < -0.39 is 0 Å². The summed E-state index contributed by atoms with van der Waals surface area (Å²) >= 11 is 0. The summed E-state index contributed by atoms with van der Waals surface area (Å²) in [5, 5.41) is 1.10. The number of carbonyl (C=O) groups is 1. The number of carbonyl (C=O) groups excluding carboxylic acids is 1. The molecule has 0 aliphatic carbocycles. The third-order valence-corrected chi connectivity index (χ3v) is 4.48. The molecule has 0 spiro atoms. The van der Waals surface area contributed by atoms with E-state index >= 15 is 0 Å². The fourth-order valence-electron chi connectivity index (χ4n) is 3.05. The van der Waals surface area contributed by atoms with Crippen LogP contribution in [0.25, 0.3) is 16.6 Å². The first-order chi connectivity index (χ1) is 13.2. The molecule has 1 aromatic heterocycles. The van der Waals surface area contributed by atoms with Gasteiger partial charge in [-0.15, -0.1) is 0 Å². The van der Waals surface area contributed by atoms with Crippen LogP contribution in [0.1, 0.15) is 15.9 Å². The number of esters is 1. The zero-order valence-corrected chi connectivity index (χ0v) is 15.0. The molecule has 0 amide bonds. The lowest BCUT2D eigenvalue weighted by atomic mass is 10.2. The van der Waals surface area contributed by atoms with Crippen molar-refractivity contribution in [3.63, 3.8) is 0 Å². The fraction of sp³-hybridized carbons (Fsp3) is 0.0870. The molecule has 0 fully saturated rings. The molecule has 0 aliphatic rings. The number of fused-ring (bicyclic) bond motifs is 1. The topological polar surface area (TPSA) is 40.5 Å². The predicted octanol–water partition coefficient (Wildman–Crippen LogP) is 5.00. The van der Waals surface area contributed by atoms with E-state index in [-0.39, 0.29) is 5.97 Å². The summed E-state index contributed by atoms with van der Waals surface area (Å²) in [6.45, 7) is 0.544. The van der Waals surface area contributed by atoms with E-state index in [1.807, 2.05) is 66.9 Å². The van der Waals surface area contributed by atoms with Crippen LogP contribution in [0.3, 0.4) is 0 Å². The minimum Gasteiger partial charge on any atom is -0.489 e. The third-order valence-electron chi connectivity index (χ3n) is 4.48. The molecular weight excluding hydrogens is 338 g/mol. The molecule has 27 heavy (non-hydrogen) atoms. The fourth-order valence-corrected chi connectivity index (χ4v) is 3.05. The lowest BCUT2D eigenvalue weighted by Crippen LogP contribution is -2.01. The highest BCUT2D eigenvalue weighted by atomic mass is 16.5. The standard InChI is InChI=1S/C23H19NO3/c1-26-23(25)18-7-9-20(10-8-18)24-14-13-19-15-21(11-12-22(19)24)27-16-17-5-3-2-4-6-17/h2-15H,16H2,1H3. The Morgan fingerprint density at radius 2 is 1.70 bits per heavy atom. The van der Waals surface area contributed by atoms with Crippen molar-refractivity contribution in [2.45, 2.75) is 6.61 Å². The van der Waals surface area contributed by atoms with Crippen molar-refractivity contribution in [2.24, 2.45) is 0 Å². The van der Waals surface area contributed by atoms with Crippen LogP contribution in [-0.2, 0) is 11.3 Å². The number of ether oxygens (including phenoxy) is 2. The Bertz CT molecular complexity index is 1070. The van der Waals surface area contributed by atoms with Gasteiger partial charge in [-0.1, -0.05) is 30.3 Å². The molecule has 0 atom stereocenters. The van der Waals surface area contributed by atoms with E-state index in [0.29, 0.717) is 12.2 Å². The van der Waals surface area contributed by atoms with Crippen LogP contribution in [0.15, 0.2) is 85.1 Å². The Labute approximate surface area is 157 Å². The first kappa shape index (κ1) is 16.9. The van der Waals surface area contributed by atoms with Gasteiger partial charge in [-0.2, -0.15) is 0 Å². The predicted molar refractivity (Wildman–Crippen MR) is 105 cm³/mol. The maximum Gasteiger partial charge on any atom is 0.337 e. The second-order valence-electron chi connectivity index (χ2n) is 6.22. The van der Waals surface area contributed by atoms with Crippen LogP contribution in [0.5, 0.6) is 5.75 Å². The van der Waals surface area contributed by atoms with Crippen molar-refractivity contribution in [1.29, 1.82) is 0 Å². The molecule has 4 nitrogen and oxygen atoms in total. The molecule has 0 saturated carbocycles. The van der Waals surface area contributed by atoms with Crippen molar-refractivity contribution in [3.05, 3.63) is 96.2 Å². The Balaban J connectivity index is 1.56. The Morgan fingerprint density at radius 3 is 2.44 bits per heavy atom. The number of methoxy groups -OCH3 is 1. The molecule has 0 N–H and O–H groups in total. The van der Waals surface area contributed by atoms with Crippen LogP contribution >= 0.6 is 0 Å². The van der Waals surface area contributed by atoms with E-state index in [2.05, 4.69) is 10.6 Å². The summed E-state index contributed by atoms with van der Waals surface area (Å²) < 4.78 is 12.7. The van der Waals surface area contributed by atoms with Gasteiger partial charge in [0.1, 0.15) is 12.4 Å². The molecule has 0 bridgehead atoms. The maximum atomic E-state index is 11.6. The van der Waals surface area contributed by atoms with Crippen molar-refractivity contribution < 1.29 is 14.3 Å². The summed E-state index contributed by atoms with van der Waals surface area (Å²) in [4.78, 5) is 11.6. The van der Waals surface area contributed by atoms with Crippen molar-refractivity contribution >= 4 is 16.9 Å². The SMILES string of the molecule is COC(=O)c1ccc(-n2ccc3cc(OCc4ccccc4)ccc32)cc1. The van der Waals surface area contributed by atoms with Crippen LogP contribution < -0.4 is 4.74 Å². The largest absolute Gasteiger partial charge is 0.489 e. The quantitative estimate of drug-likeness (QED) is 0.472. The molecular formula is C23H19NO3. The second-order valence-corrected chi connectivity index (χ2v) is 6.22. The summed E-state index contributed by atoms with van der Waals surface area (Å²) in [7, 11) is 1.38. The van der Waals surface area contributed by atoms with Gasteiger partial charge < -0.3 is 14.0 Å². The zero-order chi connectivity index (χ0) is 18.6. The van der Waals surface area contributed by atoms with Gasteiger partial charge in [0.05, 0.1) is 18.2 Å². The van der Waals surface area contributed by atoms with Crippen LogP contribution in [0.4, 0.5) is 0 Å². The molecule has 4 rings (SSSR count). The van der Waals surface area contributed by atoms with Crippen molar-refractivity contribution in [3.8, 4) is 11.4 Å². The second kappa shape index (κ2) is 7.38. The monoisotopic (exact) mass is 357 g/mol. The van der Waals surface area contributed by atoms with Crippen molar-refractivity contribution in [2.75, 3.05) is 7.11 Å². The maximum absolute atomic E-state index is 11.6. The summed E-state index contributed by atoms with van der Waals surface area (Å²) in [6.07, 6.45) is 2.01. The number of aromatic nitrogens is 1. The number of nitrogens with zero attached hydrogens (tertiary/aromatic N) is 1. The summed E-state index contributed by atoms with van der Waals surface area (Å²) in [5.74, 6) is 0.504. The number of hydrogen-bond donors (Lipinski definition) is 0. The molecule has 1 heterocycles. The number of hydrogen-bond acceptors (Lipinski definition) is 3.